The van der Waals surface area contributed by atoms with Crippen LogP contribution < -0.4 is 21.5 Å². The Balaban J connectivity index is 1.97. The fraction of sp³-hybridized carbons (Fsp3) is 0.0952. The number of aromatic nitrogens is 3. The summed E-state index contributed by atoms with van der Waals surface area (Å²) in [7, 11) is -4.58. The van der Waals surface area contributed by atoms with Gasteiger partial charge in [-0.25, -0.2) is 28.1 Å². The average molecular weight is 635 g/mol. The molecule has 0 aliphatic carbocycles. The fourth-order valence-electron chi connectivity index (χ4n) is 3.04. The molecule has 0 bridgehead atoms. The second kappa shape index (κ2) is 11.7. The van der Waals surface area contributed by atoms with Gasteiger partial charge >= 0.3 is 5.97 Å². The first-order valence-electron chi connectivity index (χ1n) is 10.1. The number of rotatable bonds is 9. The number of amides is 1. The average Bonchev–Trinajstić information content (AvgIpc) is 2.84. The van der Waals surface area contributed by atoms with Crippen molar-refractivity contribution in [3.63, 3.8) is 0 Å². The summed E-state index contributed by atoms with van der Waals surface area (Å²) in [6, 6.07) is 9.51. The number of nitrogen functional groups attached to an aromatic ring is 1. The first-order valence-corrected chi connectivity index (χ1v) is 12.7. The number of hydrogen-bond acceptors (Lipinski definition) is 10. The van der Waals surface area contributed by atoms with E-state index in [1.807, 2.05) is 0 Å². The van der Waals surface area contributed by atoms with E-state index in [0.717, 1.165) is 0 Å². The number of benzene rings is 1. The largest absolute Gasteiger partial charge is 0.481 e. The summed E-state index contributed by atoms with van der Waals surface area (Å²) in [5, 5.41) is 20.2. The molecule has 190 valence electrons. The van der Waals surface area contributed by atoms with Gasteiger partial charge in [0.15, 0.2) is 21.2 Å². The zero-order valence-corrected chi connectivity index (χ0v) is 21.6. The van der Waals surface area contributed by atoms with E-state index in [2.05, 4.69) is 30.0 Å². The maximum atomic E-state index is 13.1. The minimum atomic E-state index is -4.58. The second-order valence-electron chi connectivity index (χ2n) is 7.22. The van der Waals surface area contributed by atoms with Crippen molar-refractivity contribution < 1.29 is 23.1 Å². The van der Waals surface area contributed by atoms with Crippen molar-refractivity contribution in [3.05, 3.63) is 65.6 Å². The molecule has 3 rings (SSSR count). The van der Waals surface area contributed by atoms with Crippen molar-refractivity contribution in [1.82, 2.24) is 19.7 Å². The number of pyridine rings is 1. The lowest BCUT2D eigenvalue weighted by atomic mass is 10.1. The predicted octanol–water partition coefficient (Wildman–Crippen LogP) is 1.45. The first-order chi connectivity index (χ1) is 17.5. The van der Waals surface area contributed by atoms with Crippen molar-refractivity contribution in [2.45, 2.75) is 17.5 Å². The Labute approximate surface area is 224 Å². The van der Waals surface area contributed by atoms with Gasteiger partial charge in [0.1, 0.15) is 6.07 Å². The van der Waals surface area contributed by atoms with Crippen LogP contribution in [0.2, 0.25) is 0 Å². The number of nitrogens with zero attached hydrogens (tertiary/aromatic N) is 5. The van der Waals surface area contributed by atoms with Crippen molar-refractivity contribution in [2.24, 2.45) is 10.7 Å². The fourth-order valence-corrected chi connectivity index (χ4v) is 4.56. The Bertz CT molecular complexity index is 1520. The van der Waals surface area contributed by atoms with Crippen LogP contribution >= 0.6 is 22.6 Å². The van der Waals surface area contributed by atoms with E-state index >= 15 is 0 Å². The van der Waals surface area contributed by atoms with Crippen LogP contribution in [0, 0.1) is 11.3 Å². The molecule has 0 aliphatic heterocycles. The molecule has 7 N–H and O–H groups in total. The topological polar surface area (TPSA) is 239 Å². The number of carboxylic acid groups (broad SMARTS) is 1. The Morgan fingerprint density at radius 1 is 1.24 bits per heavy atom. The number of nitrogens with one attached hydrogen (secondary N) is 2. The van der Waals surface area contributed by atoms with Gasteiger partial charge in [-0.2, -0.15) is 5.26 Å². The molecule has 0 saturated heterocycles. The van der Waals surface area contributed by atoms with Crippen LogP contribution in [-0.2, 0) is 14.8 Å². The van der Waals surface area contributed by atoms with Crippen molar-refractivity contribution in [2.75, 3.05) is 11.1 Å². The second-order valence-corrected chi connectivity index (χ2v) is 9.95. The summed E-state index contributed by atoms with van der Waals surface area (Å²) in [4.78, 5) is 39.7. The van der Waals surface area contributed by atoms with Gasteiger partial charge in [0.2, 0.25) is 5.03 Å². The molecule has 0 aliphatic rings. The van der Waals surface area contributed by atoms with Crippen LogP contribution in [0.15, 0.2) is 58.8 Å². The zero-order chi connectivity index (χ0) is 27.2. The van der Waals surface area contributed by atoms with Crippen LogP contribution in [0.3, 0.4) is 0 Å². The summed E-state index contributed by atoms with van der Waals surface area (Å²) >= 11 is 1.80. The van der Waals surface area contributed by atoms with Crippen LogP contribution in [0.4, 0.5) is 17.3 Å². The third kappa shape index (κ3) is 7.16. The van der Waals surface area contributed by atoms with E-state index < -0.39 is 56.7 Å². The van der Waals surface area contributed by atoms with Gasteiger partial charge in [-0.3, -0.25) is 14.6 Å². The number of aliphatic carboxylic acids is 1. The van der Waals surface area contributed by atoms with Gasteiger partial charge in [-0.1, -0.05) is 12.1 Å². The molecular formula is C21H18IN9O5S. The molecule has 0 fully saturated rings. The molecule has 0 radical (unpaired) electrons. The van der Waals surface area contributed by atoms with Gasteiger partial charge in [-0.15, -0.1) is 0 Å². The summed E-state index contributed by atoms with van der Waals surface area (Å²) in [6.45, 7) is 0. The van der Waals surface area contributed by atoms with Gasteiger partial charge in [-0.05, 0) is 52.4 Å². The number of anilines is 2. The van der Waals surface area contributed by atoms with Crippen LogP contribution in [-0.4, -0.2) is 44.2 Å². The number of hydrogen-bond donors (Lipinski definition) is 5. The molecule has 16 heteroatoms. The SMILES string of the molecule is N#Cc1nc(N)c(S(=O)(=O)NC(CC(=O)O)c2cccnc2)nc1NC(=O)c1cccc(N=C(N)I)c1. The van der Waals surface area contributed by atoms with Crippen molar-refractivity contribution in [3.8, 4) is 6.07 Å². The van der Waals surface area contributed by atoms with Crippen LogP contribution in [0.25, 0.3) is 0 Å². The zero-order valence-electron chi connectivity index (χ0n) is 18.7. The molecule has 3 aromatic rings. The standard InChI is InChI=1S/C21H18IN9O5S/c22-21(25)27-13-5-1-3-11(7-13)19(34)29-18-15(9-23)28-17(24)20(30-18)37(35,36)31-14(8-16(32)33)12-4-2-6-26-10-12/h1-7,10,14,31H,8H2,(H2,24,28)(H2,25,27)(H,32,33)(H,29,30,34). The van der Waals surface area contributed by atoms with Gasteiger partial charge in [0.05, 0.1) is 18.2 Å². The smallest absolute Gasteiger partial charge is 0.305 e. The molecule has 0 spiro atoms. The molecule has 14 nitrogen and oxygen atoms in total. The van der Waals surface area contributed by atoms with Gasteiger partial charge in [0.25, 0.3) is 15.9 Å². The summed E-state index contributed by atoms with van der Waals surface area (Å²) < 4.78 is 28.7. The monoisotopic (exact) mass is 635 g/mol. The summed E-state index contributed by atoms with van der Waals surface area (Å²) in [5.74, 6) is -3.12. The minimum Gasteiger partial charge on any atom is -0.481 e. The Morgan fingerprint density at radius 2 is 2.00 bits per heavy atom. The Hall–Kier alpha value is -4.21. The third-order valence-electron chi connectivity index (χ3n) is 4.59. The highest BCUT2D eigenvalue weighted by molar-refractivity contribution is 14.1. The number of amidine groups is 1. The maximum Gasteiger partial charge on any atom is 0.305 e. The highest BCUT2D eigenvalue weighted by Crippen LogP contribution is 2.24. The quantitative estimate of drug-likeness (QED) is 0.0976. The van der Waals surface area contributed by atoms with Crippen molar-refractivity contribution >= 4 is 65.7 Å². The molecule has 1 atom stereocenters. The summed E-state index contributed by atoms with van der Waals surface area (Å²) in [5.41, 5.74) is 11.6. The first kappa shape index (κ1) is 27.4. The summed E-state index contributed by atoms with van der Waals surface area (Å²) in [6.07, 6.45) is 2.13. The lowest BCUT2D eigenvalue weighted by molar-refractivity contribution is -0.137. The van der Waals surface area contributed by atoms with E-state index in [9.17, 15) is 28.4 Å². The number of sulfonamides is 1. The number of carboxylic acids is 1. The predicted molar refractivity (Wildman–Crippen MR) is 140 cm³/mol. The van der Waals surface area contributed by atoms with E-state index in [0.29, 0.717) is 5.69 Å². The number of carbonyl (C=O) groups is 2. The number of aliphatic imine (C=N–C) groups is 1. The minimum absolute atomic E-state index is 0.113. The number of nitriles is 1. The van der Waals surface area contributed by atoms with Gasteiger partial charge < -0.3 is 21.9 Å². The number of halogens is 1. The lowest BCUT2D eigenvalue weighted by Gasteiger charge is -2.18. The highest BCUT2D eigenvalue weighted by atomic mass is 127. The van der Waals surface area contributed by atoms with Crippen LogP contribution in [0.5, 0.6) is 0 Å². The van der Waals surface area contributed by atoms with E-state index in [-0.39, 0.29) is 15.0 Å². The number of nitrogens with two attached hydrogens (primary N) is 2. The van der Waals surface area contributed by atoms with Gasteiger partial charge in [0, 0.05) is 18.0 Å². The molecule has 2 aromatic heterocycles. The molecule has 1 aromatic carbocycles. The number of carbonyl (C=O) groups excluding carboxylic acids is 1. The van der Waals surface area contributed by atoms with E-state index in [1.165, 1.54) is 36.7 Å². The molecule has 37 heavy (non-hydrogen) atoms. The molecule has 1 unspecified atom stereocenters. The molecule has 1 amide bonds. The molecular weight excluding hydrogens is 617 g/mol. The highest BCUT2D eigenvalue weighted by Gasteiger charge is 2.29. The Morgan fingerprint density at radius 3 is 2.62 bits per heavy atom. The Kier molecular flexibility index (Phi) is 8.65. The normalized spacial score (nSPS) is 12.4. The van der Waals surface area contributed by atoms with E-state index in [4.69, 9.17) is 11.5 Å². The maximum absolute atomic E-state index is 13.1. The molecule has 2 heterocycles. The third-order valence-corrected chi connectivity index (χ3v) is 6.23. The lowest BCUT2D eigenvalue weighted by Crippen LogP contribution is -2.32. The molecule has 0 saturated carbocycles. The van der Waals surface area contributed by atoms with E-state index in [1.54, 1.807) is 40.8 Å². The van der Waals surface area contributed by atoms with Crippen LogP contribution in [0.1, 0.15) is 34.1 Å². The van der Waals surface area contributed by atoms with Crippen molar-refractivity contribution in [1.29, 1.82) is 5.26 Å².